The zero-order valence-electron chi connectivity index (χ0n) is 15.0. The van der Waals surface area contributed by atoms with Gasteiger partial charge in [-0.15, -0.1) is 0 Å². The number of benzene rings is 2. The molecule has 2 atom stereocenters. The van der Waals surface area contributed by atoms with Crippen molar-refractivity contribution < 1.29 is 13.5 Å². The number of β-amino-alcohol motifs (C(OH)–C–C–N with tert-alkyl or cyclic N) is 1. The highest BCUT2D eigenvalue weighted by Gasteiger charge is 2.35. The number of likely N-dealkylation sites (tertiary alicyclic amines) is 1. The molecule has 6 heteroatoms. The van der Waals surface area contributed by atoms with E-state index in [0.717, 1.165) is 6.54 Å². The highest BCUT2D eigenvalue weighted by atomic mass is 32.2. The van der Waals surface area contributed by atoms with E-state index >= 15 is 0 Å². The van der Waals surface area contributed by atoms with Crippen molar-refractivity contribution in [3.8, 4) is 0 Å². The lowest BCUT2D eigenvalue weighted by Gasteiger charge is -2.19. The molecule has 1 aliphatic heterocycles. The van der Waals surface area contributed by atoms with Crippen LogP contribution in [0.1, 0.15) is 11.1 Å². The van der Waals surface area contributed by atoms with Crippen molar-refractivity contribution in [1.29, 1.82) is 0 Å². The minimum Gasteiger partial charge on any atom is -0.391 e. The predicted molar refractivity (Wildman–Crippen MR) is 101 cm³/mol. The first-order valence-electron chi connectivity index (χ1n) is 8.56. The predicted octanol–water partition coefficient (Wildman–Crippen LogP) is 1.83. The van der Waals surface area contributed by atoms with Crippen molar-refractivity contribution in [2.45, 2.75) is 19.6 Å². The van der Waals surface area contributed by atoms with Gasteiger partial charge in [0.05, 0.1) is 11.9 Å². The SMILES string of the molecule is Cc1ccc2ccccc2c1CN1C[C@@H](CS(=O)(=O)N(C)C)[C@H](O)C1. The van der Waals surface area contributed by atoms with Crippen LogP contribution < -0.4 is 0 Å². The van der Waals surface area contributed by atoms with Gasteiger partial charge in [0.15, 0.2) is 0 Å². The molecule has 0 unspecified atom stereocenters. The topological polar surface area (TPSA) is 60.9 Å². The Bertz CT molecular complexity index is 864. The lowest BCUT2D eigenvalue weighted by atomic mass is 9.99. The summed E-state index contributed by atoms with van der Waals surface area (Å²) in [6.07, 6.45) is -0.606. The number of hydrogen-bond acceptors (Lipinski definition) is 4. The summed E-state index contributed by atoms with van der Waals surface area (Å²) in [5.74, 6) is -0.255. The molecule has 1 aliphatic rings. The van der Waals surface area contributed by atoms with Crippen LogP contribution in [0, 0.1) is 12.8 Å². The number of nitrogens with zero attached hydrogens (tertiary/aromatic N) is 2. The Labute approximate surface area is 149 Å². The molecule has 1 N–H and O–H groups in total. The maximum absolute atomic E-state index is 12.1. The fourth-order valence-corrected chi connectivity index (χ4v) is 4.70. The summed E-state index contributed by atoms with van der Waals surface area (Å²) in [6, 6.07) is 12.5. The number of hydrogen-bond donors (Lipinski definition) is 1. The van der Waals surface area contributed by atoms with E-state index in [1.54, 1.807) is 0 Å². The van der Waals surface area contributed by atoms with Gasteiger partial charge < -0.3 is 5.11 Å². The van der Waals surface area contributed by atoms with Gasteiger partial charge in [-0.25, -0.2) is 12.7 Å². The van der Waals surface area contributed by atoms with Crippen LogP contribution in [0.25, 0.3) is 10.8 Å². The van der Waals surface area contributed by atoms with E-state index < -0.39 is 16.1 Å². The average Bonchev–Trinajstić information content (AvgIpc) is 2.89. The van der Waals surface area contributed by atoms with Gasteiger partial charge in [-0.05, 0) is 28.8 Å². The highest BCUT2D eigenvalue weighted by molar-refractivity contribution is 7.89. The van der Waals surface area contributed by atoms with E-state index in [4.69, 9.17) is 0 Å². The molecule has 3 rings (SSSR count). The third-order valence-corrected chi connectivity index (χ3v) is 7.08. The number of aliphatic hydroxyl groups is 1. The molecule has 1 heterocycles. The van der Waals surface area contributed by atoms with Gasteiger partial charge in [0.2, 0.25) is 10.0 Å². The van der Waals surface area contributed by atoms with E-state index in [1.165, 1.54) is 40.3 Å². The molecule has 0 radical (unpaired) electrons. The third kappa shape index (κ3) is 3.87. The van der Waals surface area contributed by atoms with Gasteiger partial charge in [-0.1, -0.05) is 36.4 Å². The normalized spacial score (nSPS) is 22.1. The standard InChI is InChI=1S/C19H26N2O3S/c1-14-8-9-15-6-4-5-7-17(15)18(14)11-21-10-16(19(22)12-21)13-25(23,24)20(2)3/h4-9,16,19,22H,10-13H2,1-3H3/t16-,19+/m0/s1. The number of aryl methyl sites for hydroxylation is 1. The summed E-state index contributed by atoms with van der Waals surface area (Å²) in [4.78, 5) is 2.16. The molecule has 136 valence electrons. The summed E-state index contributed by atoms with van der Waals surface area (Å²) in [7, 11) is -0.236. The zero-order chi connectivity index (χ0) is 18.2. The van der Waals surface area contributed by atoms with Gasteiger partial charge >= 0.3 is 0 Å². The summed E-state index contributed by atoms with van der Waals surface area (Å²) < 4.78 is 25.5. The first kappa shape index (κ1) is 18.3. The lowest BCUT2D eigenvalue weighted by molar-refractivity contribution is 0.148. The van der Waals surface area contributed by atoms with Crippen LogP contribution in [-0.4, -0.2) is 61.8 Å². The van der Waals surface area contributed by atoms with Crippen LogP contribution in [0.2, 0.25) is 0 Å². The second-order valence-corrected chi connectivity index (χ2v) is 9.39. The Hall–Kier alpha value is -1.47. The van der Waals surface area contributed by atoms with Crippen molar-refractivity contribution in [2.24, 2.45) is 5.92 Å². The molecule has 25 heavy (non-hydrogen) atoms. The van der Waals surface area contributed by atoms with E-state index in [0.29, 0.717) is 13.1 Å². The maximum Gasteiger partial charge on any atom is 0.214 e. The van der Waals surface area contributed by atoms with E-state index in [9.17, 15) is 13.5 Å². The van der Waals surface area contributed by atoms with Crippen molar-refractivity contribution in [2.75, 3.05) is 32.9 Å². The summed E-state index contributed by atoms with van der Waals surface area (Å²) in [6.45, 7) is 3.93. The Morgan fingerprint density at radius 1 is 1.16 bits per heavy atom. The molecule has 0 saturated carbocycles. The van der Waals surface area contributed by atoms with Crippen molar-refractivity contribution in [1.82, 2.24) is 9.21 Å². The van der Waals surface area contributed by atoms with Gasteiger partial charge in [0.25, 0.3) is 0 Å². The lowest BCUT2D eigenvalue weighted by Crippen LogP contribution is -2.33. The van der Waals surface area contributed by atoms with Gasteiger partial charge in [-0.3, -0.25) is 4.90 Å². The van der Waals surface area contributed by atoms with Crippen molar-refractivity contribution in [3.63, 3.8) is 0 Å². The molecule has 0 aromatic heterocycles. The summed E-state index contributed by atoms with van der Waals surface area (Å²) in [5, 5.41) is 12.8. The molecule has 5 nitrogen and oxygen atoms in total. The Morgan fingerprint density at radius 3 is 2.60 bits per heavy atom. The largest absolute Gasteiger partial charge is 0.391 e. The smallest absolute Gasteiger partial charge is 0.214 e. The molecule has 1 saturated heterocycles. The minimum absolute atomic E-state index is 0.00775. The molecular weight excluding hydrogens is 336 g/mol. The Morgan fingerprint density at radius 2 is 1.88 bits per heavy atom. The summed E-state index contributed by atoms with van der Waals surface area (Å²) >= 11 is 0. The summed E-state index contributed by atoms with van der Waals surface area (Å²) in [5.41, 5.74) is 2.47. The maximum atomic E-state index is 12.1. The molecule has 0 spiro atoms. The first-order chi connectivity index (χ1) is 11.8. The molecule has 1 fully saturated rings. The van der Waals surface area contributed by atoms with Crippen LogP contribution in [0.5, 0.6) is 0 Å². The fraction of sp³-hybridized carbons (Fsp3) is 0.474. The molecular formula is C19H26N2O3S. The van der Waals surface area contributed by atoms with E-state index in [1.807, 2.05) is 12.1 Å². The quantitative estimate of drug-likeness (QED) is 0.882. The second kappa shape index (κ2) is 7.03. The van der Waals surface area contributed by atoms with Crippen molar-refractivity contribution in [3.05, 3.63) is 47.5 Å². The number of aliphatic hydroxyl groups excluding tert-OH is 1. The third-order valence-electron chi connectivity index (χ3n) is 5.12. The molecule has 2 aromatic carbocycles. The van der Waals surface area contributed by atoms with Gasteiger partial charge in [0, 0.05) is 39.6 Å². The average molecular weight is 362 g/mol. The van der Waals surface area contributed by atoms with E-state index in [-0.39, 0.29) is 11.7 Å². The first-order valence-corrected chi connectivity index (χ1v) is 10.2. The van der Waals surface area contributed by atoms with Crippen LogP contribution in [0.15, 0.2) is 36.4 Å². The Balaban J connectivity index is 1.78. The van der Waals surface area contributed by atoms with Crippen molar-refractivity contribution >= 4 is 20.8 Å². The number of sulfonamides is 1. The molecule has 0 bridgehead atoms. The second-order valence-electron chi connectivity index (χ2n) is 7.16. The molecule has 0 aliphatic carbocycles. The molecule has 2 aromatic rings. The minimum atomic E-state index is -3.31. The van der Waals surface area contributed by atoms with Crippen LogP contribution in [0.4, 0.5) is 0 Å². The van der Waals surface area contributed by atoms with Gasteiger partial charge in [0.1, 0.15) is 0 Å². The van der Waals surface area contributed by atoms with Gasteiger partial charge in [-0.2, -0.15) is 0 Å². The number of fused-ring (bicyclic) bond motifs is 1. The monoisotopic (exact) mass is 362 g/mol. The molecule has 0 amide bonds. The zero-order valence-corrected chi connectivity index (χ0v) is 15.8. The van der Waals surface area contributed by atoms with Crippen LogP contribution >= 0.6 is 0 Å². The number of rotatable bonds is 5. The van der Waals surface area contributed by atoms with Crippen LogP contribution in [0.3, 0.4) is 0 Å². The van der Waals surface area contributed by atoms with Crippen LogP contribution in [-0.2, 0) is 16.6 Å². The Kier molecular flexibility index (Phi) is 5.16. The van der Waals surface area contributed by atoms with E-state index in [2.05, 4.69) is 36.1 Å². The highest BCUT2D eigenvalue weighted by Crippen LogP contribution is 2.27. The fourth-order valence-electron chi connectivity index (χ4n) is 3.53.